The number of aromatic nitrogens is 2. The second-order valence-electron chi connectivity index (χ2n) is 3.80. The summed E-state index contributed by atoms with van der Waals surface area (Å²) >= 11 is 0. The summed E-state index contributed by atoms with van der Waals surface area (Å²) in [4.78, 5) is 18.5. The Hall–Kier alpha value is -2.74. The number of carboxylic acid groups (broad SMARTS) is 1. The molecule has 2 rings (SSSR count). The minimum Gasteiger partial charge on any atom is -0.477 e. The minimum absolute atomic E-state index is 0.0589. The fraction of sp³-hybridized carbons (Fsp3) is 0.0714. The Kier molecular flexibility index (Phi) is 3.53. The molecule has 0 aliphatic rings. The SMILES string of the molecule is Cc1cc(C#Cc2ccc(F)cn2)cc(C(=O)O)n1. The molecule has 0 aliphatic carbocycles. The molecule has 0 unspecified atom stereocenters. The Morgan fingerprint density at radius 3 is 2.74 bits per heavy atom. The highest BCUT2D eigenvalue weighted by Crippen LogP contribution is 2.05. The number of aryl methyl sites for hydroxylation is 1. The van der Waals surface area contributed by atoms with Crippen LogP contribution in [0.3, 0.4) is 0 Å². The van der Waals surface area contributed by atoms with Gasteiger partial charge in [0, 0.05) is 11.3 Å². The summed E-state index contributed by atoms with van der Waals surface area (Å²) in [6.45, 7) is 1.69. The van der Waals surface area contributed by atoms with Gasteiger partial charge in [0.2, 0.25) is 0 Å². The van der Waals surface area contributed by atoms with Crippen LogP contribution in [0.1, 0.15) is 27.4 Å². The second kappa shape index (κ2) is 5.27. The summed E-state index contributed by atoms with van der Waals surface area (Å²) in [5.41, 5.74) is 1.44. The van der Waals surface area contributed by atoms with E-state index in [-0.39, 0.29) is 5.69 Å². The van der Waals surface area contributed by atoms with E-state index in [4.69, 9.17) is 5.11 Å². The van der Waals surface area contributed by atoms with Gasteiger partial charge >= 0.3 is 5.97 Å². The van der Waals surface area contributed by atoms with Crippen LogP contribution < -0.4 is 0 Å². The van der Waals surface area contributed by atoms with Gasteiger partial charge in [-0.3, -0.25) is 0 Å². The van der Waals surface area contributed by atoms with Crippen LogP contribution in [0.5, 0.6) is 0 Å². The number of pyridine rings is 2. The fourth-order valence-corrected chi connectivity index (χ4v) is 1.44. The van der Waals surface area contributed by atoms with Gasteiger partial charge in [-0.05, 0) is 37.1 Å². The first-order valence-electron chi connectivity index (χ1n) is 5.40. The molecule has 0 bridgehead atoms. The van der Waals surface area contributed by atoms with Crippen molar-refractivity contribution in [2.45, 2.75) is 6.92 Å². The lowest BCUT2D eigenvalue weighted by Gasteiger charge is -1.98. The Balaban J connectivity index is 2.34. The molecular weight excluding hydrogens is 247 g/mol. The molecule has 0 atom stereocenters. The number of carbonyl (C=O) groups is 1. The van der Waals surface area contributed by atoms with Crippen molar-refractivity contribution in [3.05, 3.63) is 58.9 Å². The summed E-state index contributed by atoms with van der Waals surface area (Å²) < 4.78 is 12.7. The summed E-state index contributed by atoms with van der Waals surface area (Å²) in [5.74, 6) is 3.97. The molecule has 0 spiro atoms. The number of halogens is 1. The van der Waals surface area contributed by atoms with Crippen molar-refractivity contribution in [1.29, 1.82) is 0 Å². The van der Waals surface area contributed by atoms with Crippen molar-refractivity contribution in [2.24, 2.45) is 0 Å². The zero-order chi connectivity index (χ0) is 13.8. The quantitative estimate of drug-likeness (QED) is 0.793. The van der Waals surface area contributed by atoms with Crippen molar-refractivity contribution >= 4 is 5.97 Å². The summed E-state index contributed by atoms with van der Waals surface area (Å²) in [5, 5.41) is 8.88. The first-order valence-corrected chi connectivity index (χ1v) is 5.40. The minimum atomic E-state index is -1.10. The first kappa shape index (κ1) is 12.7. The van der Waals surface area contributed by atoms with Crippen LogP contribution in [0.25, 0.3) is 0 Å². The molecule has 0 fully saturated rings. The van der Waals surface area contributed by atoms with Crippen LogP contribution in [-0.2, 0) is 0 Å². The third kappa shape index (κ3) is 3.36. The number of carboxylic acids is 1. The molecule has 4 nitrogen and oxygen atoms in total. The van der Waals surface area contributed by atoms with E-state index in [1.54, 1.807) is 13.0 Å². The molecule has 94 valence electrons. The number of nitrogens with zero attached hydrogens (tertiary/aromatic N) is 2. The van der Waals surface area contributed by atoms with Gasteiger partial charge in [-0.2, -0.15) is 0 Å². The highest BCUT2D eigenvalue weighted by Gasteiger charge is 2.05. The zero-order valence-electron chi connectivity index (χ0n) is 10.0. The lowest BCUT2D eigenvalue weighted by Crippen LogP contribution is -2.02. The molecule has 0 radical (unpaired) electrons. The van der Waals surface area contributed by atoms with E-state index in [2.05, 4.69) is 21.8 Å². The van der Waals surface area contributed by atoms with Crippen LogP contribution in [0, 0.1) is 24.6 Å². The van der Waals surface area contributed by atoms with Gasteiger partial charge < -0.3 is 5.11 Å². The molecule has 5 heteroatoms. The van der Waals surface area contributed by atoms with Gasteiger partial charge in [0.1, 0.15) is 17.2 Å². The number of hydrogen-bond donors (Lipinski definition) is 1. The molecule has 0 aromatic carbocycles. The first-order chi connectivity index (χ1) is 9.04. The van der Waals surface area contributed by atoms with E-state index in [0.717, 1.165) is 6.20 Å². The highest BCUT2D eigenvalue weighted by atomic mass is 19.1. The van der Waals surface area contributed by atoms with Crippen molar-refractivity contribution in [3.8, 4) is 11.8 Å². The molecule has 1 N–H and O–H groups in total. The molecule has 2 aromatic heterocycles. The van der Waals surface area contributed by atoms with Crippen LogP contribution in [-0.4, -0.2) is 21.0 Å². The summed E-state index contributed by atoms with van der Waals surface area (Å²) in [7, 11) is 0. The van der Waals surface area contributed by atoms with Crippen molar-refractivity contribution in [3.63, 3.8) is 0 Å². The number of aromatic carboxylic acids is 1. The van der Waals surface area contributed by atoms with Crippen LogP contribution in [0.2, 0.25) is 0 Å². The average Bonchev–Trinajstić information content (AvgIpc) is 2.37. The number of rotatable bonds is 1. The smallest absolute Gasteiger partial charge is 0.354 e. The topological polar surface area (TPSA) is 63.1 Å². The third-order valence-electron chi connectivity index (χ3n) is 2.23. The van der Waals surface area contributed by atoms with Crippen LogP contribution >= 0.6 is 0 Å². The Morgan fingerprint density at radius 2 is 2.11 bits per heavy atom. The third-order valence-corrected chi connectivity index (χ3v) is 2.23. The Morgan fingerprint density at radius 1 is 1.32 bits per heavy atom. The van der Waals surface area contributed by atoms with E-state index in [0.29, 0.717) is 17.0 Å². The second-order valence-corrected chi connectivity index (χ2v) is 3.80. The van der Waals surface area contributed by atoms with E-state index in [1.807, 2.05) is 0 Å². The molecule has 0 saturated carbocycles. The maximum Gasteiger partial charge on any atom is 0.354 e. The van der Waals surface area contributed by atoms with E-state index >= 15 is 0 Å². The summed E-state index contributed by atoms with van der Waals surface area (Å²) in [6, 6.07) is 5.76. The molecule has 0 amide bonds. The lowest BCUT2D eigenvalue weighted by molar-refractivity contribution is 0.0690. The van der Waals surface area contributed by atoms with Gasteiger partial charge in [0.05, 0.1) is 6.20 Å². The summed E-state index contributed by atoms with van der Waals surface area (Å²) in [6.07, 6.45) is 1.07. The zero-order valence-corrected chi connectivity index (χ0v) is 10.0. The fourth-order valence-electron chi connectivity index (χ4n) is 1.44. The average molecular weight is 256 g/mol. The lowest BCUT2D eigenvalue weighted by atomic mass is 10.2. The molecule has 0 aliphatic heterocycles. The van der Waals surface area contributed by atoms with Gasteiger partial charge in [-0.25, -0.2) is 19.2 Å². The molecular formula is C14H9FN2O2. The van der Waals surface area contributed by atoms with Gasteiger partial charge in [-0.1, -0.05) is 5.92 Å². The Labute approximate surface area is 109 Å². The number of hydrogen-bond acceptors (Lipinski definition) is 3. The monoisotopic (exact) mass is 256 g/mol. The largest absolute Gasteiger partial charge is 0.477 e. The van der Waals surface area contributed by atoms with Gasteiger partial charge in [-0.15, -0.1) is 0 Å². The Bertz CT molecular complexity index is 685. The standard InChI is InChI=1S/C14H9FN2O2/c1-9-6-10(7-13(17-9)14(18)19)2-4-12-5-3-11(15)8-16-12/h3,5-8H,1H3,(H,18,19). The van der Waals surface area contributed by atoms with Crippen LogP contribution in [0.4, 0.5) is 4.39 Å². The molecule has 2 aromatic rings. The van der Waals surface area contributed by atoms with E-state index in [1.165, 1.54) is 18.2 Å². The molecule has 0 saturated heterocycles. The molecule has 2 heterocycles. The van der Waals surface area contributed by atoms with Crippen molar-refractivity contribution in [1.82, 2.24) is 9.97 Å². The van der Waals surface area contributed by atoms with E-state index < -0.39 is 11.8 Å². The molecule has 19 heavy (non-hydrogen) atoms. The van der Waals surface area contributed by atoms with Crippen molar-refractivity contribution in [2.75, 3.05) is 0 Å². The van der Waals surface area contributed by atoms with Gasteiger partial charge in [0.25, 0.3) is 0 Å². The van der Waals surface area contributed by atoms with Gasteiger partial charge in [0.15, 0.2) is 0 Å². The van der Waals surface area contributed by atoms with Crippen molar-refractivity contribution < 1.29 is 14.3 Å². The van der Waals surface area contributed by atoms with E-state index in [9.17, 15) is 9.18 Å². The predicted octanol–water partition coefficient (Wildman–Crippen LogP) is 2.02. The normalized spacial score (nSPS) is 9.58. The van der Waals surface area contributed by atoms with Crippen LogP contribution in [0.15, 0.2) is 30.5 Å². The maximum atomic E-state index is 12.7. The maximum absolute atomic E-state index is 12.7. The predicted molar refractivity (Wildman–Crippen MR) is 66.1 cm³/mol. The highest BCUT2D eigenvalue weighted by molar-refractivity contribution is 5.85.